The number of hydrogen-bond acceptors (Lipinski definition) is 4. The molecule has 4 heteroatoms. The van der Waals surface area contributed by atoms with Crippen LogP contribution in [0.2, 0.25) is 0 Å². The predicted molar refractivity (Wildman–Crippen MR) is 87.6 cm³/mol. The van der Waals surface area contributed by atoms with Crippen LogP contribution in [0.3, 0.4) is 0 Å². The molecule has 1 rings (SSSR count). The van der Waals surface area contributed by atoms with E-state index in [2.05, 4.69) is 57.2 Å². The van der Waals surface area contributed by atoms with Gasteiger partial charge in [-0.2, -0.15) is 0 Å². The summed E-state index contributed by atoms with van der Waals surface area (Å²) in [6.07, 6.45) is 3.28. The Hall–Kier alpha value is -1.32. The fourth-order valence-electron chi connectivity index (χ4n) is 2.42. The van der Waals surface area contributed by atoms with Gasteiger partial charge in [0.05, 0.1) is 0 Å². The van der Waals surface area contributed by atoms with E-state index < -0.39 is 0 Å². The Labute approximate surface area is 123 Å². The first-order valence-corrected chi connectivity index (χ1v) is 7.77. The van der Waals surface area contributed by atoms with Crippen LogP contribution < -0.4 is 10.6 Å². The van der Waals surface area contributed by atoms with Crippen molar-refractivity contribution in [2.24, 2.45) is 0 Å². The molecular weight excluding hydrogens is 248 g/mol. The summed E-state index contributed by atoms with van der Waals surface area (Å²) >= 11 is 0. The highest BCUT2D eigenvalue weighted by Gasteiger charge is 2.25. The van der Waals surface area contributed by atoms with Gasteiger partial charge in [0.25, 0.3) is 0 Å². The second kappa shape index (κ2) is 6.91. The van der Waals surface area contributed by atoms with Crippen molar-refractivity contribution in [1.82, 2.24) is 9.97 Å². The lowest BCUT2D eigenvalue weighted by Crippen LogP contribution is -2.37. The van der Waals surface area contributed by atoms with Crippen LogP contribution in [0.4, 0.5) is 11.6 Å². The number of hydrogen-bond donors (Lipinski definition) is 2. The molecule has 0 unspecified atom stereocenters. The summed E-state index contributed by atoms with van der Waals surface area (Å²) in [5.41, 5.74) is 1.22. The van der Waals surface area contributed by atoms with Crippen molar-refractivity contribution in [3.8, 4) is 0 Å². The molecule has 0 radical (unpaired) electrons. The first-order valence-electron chi connectivity index (χ1n) is 7.77. The zero-order chi connectivity index (χ0) is 15.3. The highest BCUT2D eigenvalue weighted by molar-refractivity contribution is 5.58. The molecule has 0 aliphatic carbocycles. The maximum absolute atomic E-state index is 4.75. The molecule has 1 aromatic rings. The highest BCUT2D eigenvalue weighted by Crippen LogP contribution is 2.29. The molecule has 20 heavy (non-hydrogen) atoms. The maximum atomic E-state index is 4.75. The minimum absolute atomic E-state index is 0.123. The largest absolute Gasteiger partial charge is 0.373 e. The summed E-state index contributed by atoms with van der Waals surface area (Å²) in [6, 6.07) is 0. The van der Waals surface area contributed by atoms with Crippen LogP contribution >= 0.6 is 0 Å². The lowest BCUT2D eigenvalue weighted by Gasteiger charge is -2.33. The first kappa shape index (κ1) is 16.7. The zero-order valence-corrected chi connectivity index (χ0v) is 14.1. The van der Waals surface area contributed by atoms with E-state index in [-0.39, 0.29) is 5.54 Å². The van der Waals surface area contributed by atoms with E-state index in [1.807, 2.05) is 7.05 Å². The van der Waals surface area contributed by atoms with Crippen molar-refractivity contribution in [2.75, 3.05) is 17.7 Å². The van der Waals surface area contributed by atoms with Crippen LogP contribution in [-0.4, -0.2) is 22.6 Å². The highest BCUT2D eigenvalue weighted by atomic mass is 15.1. The van der Waals surface area contributed by atoms with E-state index in [0.29, 0.717) is 5.92 Å². The van der Waals surface area contributed by atoms with Crippen molar-refractivity contribution in [1.29, 1.82) is 0 Å². The Balaban J connectivity index is 3.25. The molecule has 0 aliphatic rings. The SMILES string of the molecule is CCC(CC)(CC)Nc1nc(C(C)C)nc(NC)c1C. The van der Waals surface area contributed by atoms with Crippen LogP contribution in [0.1, 0.15) is 71.2 Å². The molecule has 0 spiro atoms. The monoisotopic (exact) mass is 278 g/mol. The molecule has 1 aromatic heterocycles. The number of nitrogens with zero attached hydrogens (tertiary/aromatic N) is 2. The summed E-state index contributed by atoms with van der Waals surface area (Å²) in [4.78, 5) is 9.34. The van der Waals surface area contributed by atoms with Gasteiger partial charge < -0.3 is 10.6 Å². The normalized spacial score (nSPS) is 11.8. The quantitative estimate of drug-likeness (QED) is 0.779. The number of nitrogens with one attached hydrogen (secondary N) is 2. The van der Waals surface area contributed by atoms with Gasteiger partial charge in [0.1, 0.15) is 17.5 Å². The summed E-state index contributed by atoms with van der Waals surface area (Å²) < 4.78 is 0. The molecule has 0 fully saturated rings. The van der Waals surface area contributed by atoms with Gasteiger partial charge in [-0.05, 0) is 26.2 Å². The van der Waals surface area contributed by atoms with Gasteiger partial charge >= 0.3 is 0 Å². The molecule has 0 atom stereocenters. The van der Waals surface area contributed by atoms with E-state index >= 15 is 0 Å². The van der Waals surface area contributed by atoms with Crippen LogP contribution in [0, 0.1) is 6.92 Å². The standard InChI is InChI=1S/C16H30N4/c1-8-16(9-2,10-3)20-15-12(6)14(17-7)18-13(19-15)11(4)5/h11H,8-10H2,1-7H3,(H2,17,18,19,20). The average molecular weight is 278 g/mol. The number of aromatic nitrogens is 2. The van der Waals surface area contributed by atoms with Gasteiger partial charge in [-0.3, -0.25) is 0 Å². The van der Waals surface area contributed by atoms with Crippen LogP contribution in [0.25, 0.3) is 0 Å². The van der Waals surface area contributed by atoms with Gasteiger partial charge in [-0.1, -0.05) is 34.6 Å². The Morgan fingerprint density at radius 3 is 1.90 bits per heavy atom. The van der Waals surface area contributed by atoms with E-state index in [1.54, 1.807) is 0 Å². The summed E-state index contributed by atoms with van der Waals surface area (Å²) in [5, 5.41) is 6.87. The van der Waals surface area contributed by atoms with Crippen molar-refractivity contribution in [3.63, 3.8) is 0 Å². The minimum Gasteiger partial charge on any atom is -0.373 e. The third kappa shape index (κ3) is 3.41. The fraction of sp³-hybridized carbons (Fsp3) is 0.750. The minimum atomic E-state index is 0.123. The van der Waals surface area contributed by atoms with Crippen molar-refractivity contribution in [2.45, 2.75) is 72.3 Å². The van der Waals surface area contributed by atoms with Crippen LogP contribution in [0.15, 0.2) is 0 Å². The summed E-state index contributed by atoms with van der Waals surface area (Å²) in [7, 11) is 1.91. The third-order valence-corrected chi connectivity index (χ3v) is 4.33. The Bertz CT molecular complexity index is 428. The molecule has 0 saturated carbocycles. The molecule has 0 aromatic carbocycles. The third-order valence-electron chi connectivity index (χ3n) is 4.33. The second-order valence-electron chi connectivity index (χ2n) is 5.77. The molecule has 0 amide bonds. The molecule has 2 N–H and O–H groups in total. The number of anilines is 2. The van der Waals surface area contributed by atoms with Gasteiger partial charge in [-0.15, -0.1) is 0 Å². The van der Waals surface area contributed by atoms with Gasteiger partial charge in [0.15, 0.2) is 0 Å². The Morgan fingerprint density at radius 1 is 1.00 bits per heavy atom. The van der Waals surface area contributed by atoms with E-state index in [9.17, 15) is 0 Å². The first-order chi connectivity index (χ1) is 9.42. The fourth-order valence-corrected chi connectivity index (χ4v) is 2.42. The molecule has 0 aliphatic heterocycles. The van der Waals surface area contributed by atoms with E-state index in [0.717, 1.165) is 42.3 Å². The second-order valence-corrected chi connectivity index (χ2v) is 5.77. The van der Waals surface area contributed by atoms with Gasteiger partial charge in [-0.25, -0.2) is 9.97 Å². The van der Waals surface area contributed by atoms with E-state index in [4.69, 9.17) is 4.98 Å². The average Bonchev–Trinajstić information content (AvgIpc) is 2.46. The van der Waals surface area contributed by atoms with E-state index in [1.165, 1.54) is 0 Å². The molecule has 114 valence electrons. The smallest absolute Gasteiger partial charge is 0.135 e. The maximum Gasteiger partial charge on any atom is 0.135 e. The lowest BCUT2D eigenvalue weighted by molar-refractivity contribution is 0.418. The topological polar surface area (TPSA) is 49.8 Å². The molecule has 4 nitrogen and oxygen atoms in total. The molecule has 1 heterocycles. The molecule has 0 bridgehead atoms. The van der Waals surface area contributed by atoms with Gasteiger partial charge in [0.2, 0.25) is 0 Å². The summed E-state index contributed by atoms with van der Waals surface area (Å²) in [6.45, 7) is 13.0. The Morgan fingerprint density at radius 2 is 1.50 bits per heavy atom. The van der Waals surface area contributed by atoms with Crippen molar-refractivity contribution in [3.05, 3.63) is 11.4 Å². The van der Waals surface area contributed by atoms with Crippen molar-refractivity contribution >= 4 is 11.6 Å². The predicted octanol–water partition coefficient (Wildman–Crippen LogP) is 4.33. The lowest BCUT2D eigenvalue weighted by atomic mass is 9.89. The van der Waals surface area contributed by atoms with Crippen LogP contribution in [-0.2, 0) is 0 Å². The molecule has 0 saturated heterocycles. The summed E-state index contributed by atoms with van der Waals surface area (Å²) in [5.74, 6) is 3.10. The zero-order valence-electron chi connectivity index (χ0n) is 14.1. The Kier molecular flexibility index (Phi) is 5.78. The molecular formula is C16H30N4. The van der Waals surface area contributed by atoms with Crippen molar-refractivity contribution < 1.29 is 0 Å². The number of rotatable bonds is 7. The van der Waals surface area contributed by atoms with Gasteiger partial charge in [0, 0.05) is 24.1 Å². The van der Waals surface area contributed by atoms with Crippen LogP contribution in [0.5, 0.6) is 0 Å².